The van der Waals surface area contributed by atoms with E-state index in [0.29, 0.717) is 10.5 Å². The Balaban J connectivity index is 2.68. The molecular formula is C10H11FO3S. The number of carbonyl (C=O) groups excluding carboxylic acids is 1. The van der Waals surface area contributed by atoms with Crippen molar-refractivity contribution in [1.29, 1.82) is 0 Å². The summed E-state index contributed by atoms with van der Waals surface area (Å²) in [4.78, 5) is 11.4. The lowest BCUT2D eigenvalue weighted by atomic mass is 10.2. The lowest BCUT2D eigenvalue weighted by Crippen LogP contribution is -2.02. The Hall–Kier alpha value is -1.07. The molecule has 1 rings (SSSR count). The third-order valence-electron chi connectivity index (χ3n) is 1.70. The molecule has 0 amide bonds. The highest BCUT2D eigenvalue weighted by Crippen LogP contribution is 2.21. The second-order valence-corrected chi connectivity index (χ2v) is 3.87. The van der Waals surface area contributed by atoms with E-state index in [4.69, 9.17) is 5.11 Å². The molecule has 0 saturated carbocycles. The highest BCUT2D eigenvalue weighted by molar-refractivity contribution is 8.00. The summed E-state index contributed by atoms with van der Waals surface area (Å²) < 4.78 is 17.4. The minimum Gasteiger partial charge on any atom is -0.468 e. The van der Waals surface area contributed by atoms with Gasteiger partial charge in [-0.3, -0.25) is 4.79 Å². The molecule has 0 spiro atoms. The molecule has 5 heteroatoms. The van der Waals surface area contributed by atoms with E-state index < -0.39 is 5.82 Å². The zero-order valence-electron chi connectivity index (χ0n) is 8.20. The lowest BCUT2D eigenvalue weighted by molar-refractivity contribution is -0.137. The topological polar surface area (TPSA) is 46.5 Å². The van der Waals surface area contributed by atoms with Gasteiger partial charge in [0, 0.05) is 4.90 Å². The molecule has 82 valence electrons. The van der Waals surface area contributed by atoms with Gasteiger partial charge in [-0.15, -0.1) is 11.8 Å². The van der Waals surface area contributed by atoms with Crippen LogP contribution in [0.25, 0.3) is 0 Å². The van der Waals surface area contributed by atoms with Gasteiger partial charge in [-0.2, -0.15) is 0 Å². The Morgan fingerprint density at radius 3 is 2.87 bits per heavy atom. The number of halogens is 1. The van der Waals surface area contributed by atoms with Crippen LogP contribution in [0.4, 0.5) is 4.39 Å². The van der Waals surface area contributed by atoms with Gasteiger partial charge in [-0.1, -0.05) is 0 Å². The van der Waals surface area contributed by atoms with Gasteiger partial charge in [0.25, 0.3) is 0 Å². The molecule has 0 bridgehead atoms. The first-order valence-corrected chi connectivity index (χ1v) is 5.24. The molecule has 1 aromatic rings. The number of aliphatic hydroxyl groups excluding tert-OH is 1. The van der Waals surface area contributed by atoms with Crippen LogP contribution in [0.1, 0.15) is 5.56 Å². The smallest absolute Gasteiger partial charge is 0.315 e. The molecule has 0 aliphatic rings. The summed E-state index contributed by atoms with van der Waals surface area (Å²) in [6, 6.07) is 4.20. The van der Waals surface area contributed by atoms with E-state index in [0.717, 1.165) is 0 Å². The van der Waals surface area contributed by atoms with Crippen LogP contribution < -0.4 is 0 Å². The van der Waals surface area contributed by atoms with E-state index in [1.807, 2.05) is 0 Å². The number of esters is 1. The molecule has 0 atom stereocenters. The van der Waals surface area contributed by atoms with E-state index in [2.05, 4.69) is 4.74 Å². The van der Waals surface area contributed by atoms with Crippen LogP contribution in [0.15, 0.2) is 23.1 Å². The number of carbonyl (C=O) groups is 1. The van der Waals surface area contributed by atoms with Crippen LogP contribution in [0.5, 0.6) is 0 Å². The number of methoxy groups -OCH3 is 1. The van der Waals surface area contributed by atoms with Crippen LogP contribution >= 0.6 is 11.8 Å². The average Bonchev–Trinajstić information content (AvgIpc) is 2.25. The quantitative estimate of drug-likeness (QED) is 0.630. The molecule has 15 heavy (non-hydrogen) atoms. The zero-order chi connectivity index (χ0) is 11.3. The number of aliphatic hydroxyl groups is 1. The molecule has 0 aromatic heterocycles. The maximum Gasteiger partial charge on any atom is 0.315 e. The first-order chi connectivity index (χ1) is 7.15. The van der Waals surface area contributed by atoms with Crippen molar-refractivity contribution in [2.45, 2.75) is 11.5 Å². The summed E-state index contributed by atoms with van der Waals surface area (Å²) in [5, 5.41) is 8.84. The van der Waals surface area contributed by atoms with Gasteiger partial charge in [0.2, 0.25) is 0 Å². The largest absolute Gasteiger partial charge is 0.468 e. The van der Waals surface area contributed by atoms with Gasteiger partial charge in [-0.25, -0.2) is 4.39 Å². The number of thioether (sulfide) groups is 1. The Morgan fingerprint density at radius 1 is 1.53 bits per heavy atom. The van der Waals surface area contributed by atoms with Crippen molar-refractivity contribution in [2.75, 3.05) is 12.9 Å². The van der Waals surface area contributed by atoms with Crippen LogP contribution in [-0.2, 0) is 16.1 Å². The van der Waals surface area contributed by atoms with Crippen molar-refractivity contribution < 1.29 is 19.0 Å². The Labute approximate surface area is 91.2 Å². The maximum absolute atomic E-state index is 13.0. The number of hydrogen-bond acceptors (Lipinski definition) is 4. The summed E-state index contributed by atoms with van der Waals surface area (Å²) in [6.07, 6.45) is 0. The summed E-state index contributed by atoms with van der Waals surface area (Å²) in [5.41, 5.74) is 0.488. The van der Waals surface area contributed by atoms with Crippen LogP contribution in [0.3, 0.4) is 0 Å². The fourth-order valence-electron chi connectivity index (χ4n) is 0.997. The van der Waals surface area contributed by atoms with E-state index in [-0.39, 0.29) is 18.3 Å². The van der Waals surface area contributed by atoms with Crippen LogP contribution in [-0.4, -0.2) is 23.9 Å². The van der Waals surface area contributed by atoms with Crippen molar-refractivity contribution in [3.63, 3.8) is 0 Å². The third kappa shape index (κ3) is 3.89. The highest BCUT2D eigenvalue weighted by atomic mass is 32.2. The Morgan fingerprint density at radius 2 is 2.27 bits per heavy atom. The molecule has 0 fully saturated rings. The second kappa shape index (κ2) is 5.72. The van der Waals surface area contributed by atoms with Gasteiger partial charge in [0.1, 0.15) is 5.82 Å². The van der Waals surface area contributed by atoms with Gasteiger partial charge < -0.3 is 9.84 Å². The molecule has 1 aromatic carbocycles. The first kappa shape index (κ1) is 12.0. The fraction of sp³-hybridized carbons (Fsp3) is 0.300. The van der Waals surface area contributed by atoms with Crippen molar-refractivity contribution in [2.24, 2.45) is 0 Å². The molecule has 0 heterocycles. The third-order valence-corrected chi connectivity index (χ3v) is 2.65. The molecule has 0 saturated heterocycles. The minimum absolute atomic E-state index is 0.130. The van der Waals surface area contributed by atoms with E-state index in [1.165, 1.54) is 31.0 Å². The Bertz CT molecular complexity index is 355. The summed E-state index contributed by atoms with van der Waals surface area (Å²) in [7, 11) is 1.30. The molecular weight excluding hydrogens is 219 g/mol. The van der Waals surface area contributed by atoms with E-state index >= 15 is 0 Å². The van der Waals surface area contributed by atoms with Gasteiger partial charge in [0.05, 0.1) is 19.5 Å². The van der Waals surface area contributed by atoms with Crippen molar-refractivity contribution in [1.82, 2.24) is 0 Å². The number of benzene rings is 1. The van der Waals surface area contributed by atoms with Crippen LogP contribution in [0.2, 0.25) is 0 Å². The number of rotatable bonds is 4. The number of hydrogen-bond donors (Lipinski definition) is 1. The molecule has 0 aliphatic heterocycles. The maximum atomic E-state index is 13.0. The average molecular weight is 230 g/mol. The molecule has 0 unspecified atom stereocenters. The van der Waals surface area contributed by atoms with Crippen molar-refractivity contribution in [3.8, 4) is 0 Å². The molecule has 0 radical (unpaired) electrons. The van der Waals surface area contributed by atoms with E-state index in [1.54, 1.807) is 6.07 Å². The summed E-state index contributed by atoms with van der Waals surface area (Å²) in [6.45, 7) is -0.219. The first-order valence-electron chi connectivity index (χ1n) is 4.25. The van der Waals surface area contributed by atoms with Gasteiger partial charge in [0.15, 0.2) is 0 Å². The SMILES string of the molecule is COC(=O)CSc1cc(F)cc(CO)c1. The number of ether oxygens (including phenoxy) is 1. The van der Waals surface area contributed by atoms with Gasteiger partial charge >= 0.3 is 5.97 Å². The molecule has 1 N–H and O–H groups in total. The molecule has 3 nitrogen and oxygen atoms in total. The summed E-state index contributed by atoms with van der Waals surface area (Å²) >= 11 is 1.17. The lowest BCUT2D eigenvalue weighted by Gasteiger charge is -2.03. The minimum atomic E-state index is -0.422. The van der Waals surface area contributed by atoms with Gasteiger partial charge in [-0.05, 0) is 23.8 Å². The highest BCUT2D eigenvalue weighted by Gasteiger charge is 2.04. The standard InChI is InChI=1S/C10H11FO3S/c1-14-10(13)6-15-9-3-7(5-12)2-8(11)4-9/h2-4,12H,5-6H2,1H3. The predicted octanol–water partition coefficient (Wildman–Crippen LogP) is 1.58. The predicted molar refractivity (Wildman–Crippen MR) is 55.1 cm³/mol. The zero-order valence-corrected chi connectivity index (χ0v) is 9.01. The fourth-order valence-corrected chi connectivity index (χ4v) is 1.83. The normalized spacial score (nSPS) is 10.1. The second-order valence-electron chi connectivity index (χ2n) is 2.82. The van der Waals surface area contributed by atoms with E-state index in [9.17, 15) is 9.18 Å². The van der Waals surface area contributed by atoms with Crippen molar-refractivity contribution in [3.05, 3.63) is 29.6 Å². The summed E-state index contributed by atoms with van der Waals surface area (Å²) in [5.74, 6) is -0.658. The van der Waals surface area contributed by atoms with Crippen molar-refractivity contribution >= 4 is 17.7 Å². The van der Waals surface area contributed by atoms with Crippen LogP contribution in [0, 0.1) is 5.82 Å². The Kier molecular flexibility index (Phi) is 4.58. The monoisotopic (exact) mass is 230 g/mol. The molecule has 0 aliphatic carbocycles.